The van der Waals surface area contributed by atoms with Crippen LogP contribution in [0.25, 0.3) is 4.96 Å². The molecule has 0 saturated heterocycles. The zero-order chi connectivity index (χ0) is 22.8. The number of hydrogen-bond acceptors (Lipinski definition) is 7. The van der Waals surface area contributed by atoms with E-state index >= 15 is 0 Å². The number of fused-ring (bicyclic) bond motifs is 1. The van der Waals surface area contributed by atoms with Crippen LogP contribution in [0.4, 0.5) is 0 Å². The third kappa shape index (κ3) is 5.62. The summed E-state index contributed by atoms with van der Waals surface area (Å²) in [5.74, 6) is 1.89. The summed E-state index contributed by atoms with van der Waals surface area (Å²) in [4.78, 5) is 20.4. The summed E-state index contributed by atoms with van der Waals surface area (Å²) >= 11 is 1.48. The van der Waals surface area contributed by atoms with E-state index in [1.54, 1.807) is 20.3 Å². The van der Waals surface area contributed by atoms with Crippen molar-refractivity contribution in [3.63, 3.8) is 0 Å². The van der Waals surface area contributed by atoms with E-state index in [1.807, 2.05) is 18.2 Å². The molecule has 168 valence electrons. The Hall–Kier alpha value is -2.45. The Kier molecular flexibility index (Phi) is 7.01. The monoisotopic (exact) mass is 444 g/mol. The summed E-state index contributed by atoms with van der Waals surface area (Å²) in [6.07, 6.45) is 0. The Labute approximate surface area is 187 Å². The van der Waals surface area contributed by atoms with Gasteiger partial charge in [0.25, 0.3) is 5.56 Å². The molecule has 3 rings (SSSR count). The first-order valence-corrected chi connectivity index (χ1v) is 11.3. The van der Waals surface area contributed by atoms with Crippen LogP contribution < -0.4 is 15.0 Å². The molecule has 8 heteroatoms. The van der Waals surface area contributed by atoms with Crippen molar-refractivity contribution < 1.29 is 9.47 Å². The van der Waals surface area contributed by atoms with Crippen LogP contribution >= 0.6 is 11.3 Å². The minimum atomic E-state index is -0.137. The van der Waals surface area contributed by atoms with Crippen LogP contribution in [0.2, 0.25) is 0 Å². The molecule has 3 aromatic rings. The van der Waals surface area contributed by atoms with Gasteiger partial charge < -0.3 is 9.47 Å². The van der Waals surface area contributed by atoms with Crippen molar-refractivity contribution in [3.8, 4) is 11.5 Å². The lowest BCUT2D eigenvalue weighted by molar-refractivity contribution is 0.224. The number of ether oxygens (including phenoxy) is 2. The van der Waals surface area contributed by atoms with Crippen molar-refractivity contribution in [2.45, 2.75) is 53.1 Å². The van der Waals surface area contributed by atoms with Gasteiger partial charge in [-0.1, -0.05) is 52.0 Å². The summed E-state index contributed by atoms with van der Waals surface area (Å²) in [6, 6.07) is 7.56. The Morgan fingerprint density at radius 2 is 1.81 bits per heavy atom. The molecule has 0 atom stereocenters. The maximum Gasteiger partial charge on any atom is 0.275 e. The van der Waals surface area contributed by atoms with Gasteiger partial charge in [-0.15, -0.1) is 0 Å². The quantitative estimate of drug-likeness (QED) is 0.520. The van der Waals surface area contributed by atoms with E-state index in [1.165, 1.54) is 15.9 Å². The van der Waals surface area contributed by atoms with Crippen molar-refractivity contribution in [2.75, 3.05) is 20.8 Å². The summed E-state index contributed by atoms with van der Waals surface area (Å²) in [6.45, 7) is 12.8. The highest BCUT2D eigenvalue weighted by Gasteiger charge is 2.21. The second-order valence-corrected chi connectivity index (χ2v) is 10.1. The highest BCUT2D eigenvalue weighted by Crippen LogP contribution is 2.29. The summed E-state index contributed by atoms with van der Waals surface area (Å²) < 4.78 is 12.2. The van der Waals surface area contributed by atoms with Gasteiger partial charge in [-0.3, -0.25) is 9.69 Å². The molecule has 0 saturated carbocycles. The third-order valence-corrected chi connectivity index (χ3v) is 6.14. The number of nitrogens with zero attached hydrogens (tertiary/aromatic N) is 4. The minimum Gasteiger partial charge on any atom is -0.493 e. The van der Waals surface area contributed by atoms with Crippen LogP contribution in [0.3, 0.4) is 0 Å². The number of rotatable bonds is 8. The third-order valence-electron chi connectivity index (χ3n) is 4.80. The predicted molar refractivity (Wildman–Crippen MR) is 124 cm³/mol. The Bertz CT molecular complexity index is 1100. The van der Waals surface area contributed by atoms with Gasteiger partial charge in [0.2, 0.25) is 4.96 Å². The van der Waals surface area contributed by atoms with E-state index in [9.17, 15) is 4.79 Å². The van der Waals surface area contributed by atoms with E-state index in [4.69, 9.17) is 14.5 Å². The molecular formula is C23H32N4O3S. The molecule has 0 N–H and O–H groups in total. The maximum atomic E-state index is 12.7. The second kappa shape index (κ2) is 9.36. The van der Waals surface area contributed by atoms with Crippen molar-refractivity contribution in [1.82, 2.24) is 19.5 Å². The lowest BCUT2D eigenvalue weighted by Gasteiger charge is -2.24. The lowest BCUT2D eigenvalue weighted by Crippen LogP contribution is -2.28. The molecule has 0 bridgehead atoms. The van der Waals surface area contributed by atoms with Crippen molar-refractivity contribution in [2.24, 2.45) is 5.92 Å². The molecule has 0 aliphatic carbocycles. The van der Waals surface area contributed by atoms with E-state index in [0.29, 0.717) is 28.9 Å². The number of aromatic nitrogens is 3. The van der Waals surface area contributed by atoms with E-state index in [2.05, 4.69) is 44.6 Å². The molecule has 0 aliphatic rings. The molecule has 7 nitrogen and oxygen atoms in total. The Morgan fingerprint density at radius 3 is 2.42 bits per heavy atom. The molecular weight excluding hydrogens is 412 g/mol. The lowest BCUT2D eigenvalue weighted by atomic mass is 9.98. The largest absolute Gasteiger partial charge is 0.493 e. The van der Waals surface area contributed by atoms with Crippen LogP contribution in [0.1, 0.15) is 50.9 Å². The smallest absolute Gasteiger partial charge is 0.275 e. The van der Waals surface area contributed by atoms with Crippen LogP contribution in [0.5, 0.6) is 11.5 Å². The van der Waals surface area contributed by atoms with Gasteiger partial charge in [-0.05, 0) is 23.6 Å². The first-order valence-electron chi connectivity index (χ1n) is 10.4. The minimum absolute atomic E-state index is 0.123. The van der Waals surface area contributed by atoms with Gasteiger partial charge in [0, 0.05) is 31.1 Å². The molecule has 0 fully saturated rings. The van der Waals surface area contributed by atoms with Gasteiger partial charge in [0.05, 0.1) is 19.9 Å². The topological polar surface area (TPSA) is 69.0 Å². The highest BCUT2D eigenvalue weighted by atomic mass is 32.1. The molecule has 0 radical (unpaired) electrons. The second-order valence-electron chi connectivity index (χ2n) is 9.19. The molecule has 0 unspecified atom stereocenters. The van der Waals surface area contributed by atoms with E-state index < -0.39 is 0 Å². The Morgan fingerprint density at radius 1 is 1.10 bits per heavy atom. The molecule has 31 heavy (non-hydrogen) atoms. The summed E-state index contributed by atoms with van der Waals surface area (Å²) in [5.41, 5.74) is 1.61. The van der Waals surface area contributed by atoms with Gasteiger partial charge in [-0.25, -0.2) is 4.98 Å². The van der Waals surface area contributed by atoms with Crippen molar-refractivity contribution >= 4 is 16.3 Å². The highest BCUT2D eigenvalue weighted by molar-refractivity contribution is 7.16. The summed E-state index contributed by atoms with van der Waals surface area (Å²) in [7, 11) is 3.27. The molecule has 1 aromatic carbocycles. The zero-order valence-corrected chi connectivity index (χ0v) is 20.2. The molecule has 0 aliphatic heterocycles. The first-order chi connectivity index (χ1) is 14.6. The van der Waals surface area contributed by atoms with Gasteiger partial charge in [-0.2, -0.15) is 9.61 Å². The fourth-order valence-corrected chi connectivity index (χ4v) is 4.39. The molecule has 0 spiro atoms. The summed E-state index contributed by atoms with van der Waals surface area (Å²) in [5, 5.41) is 5.38. The van der Waals surface area contributed by atoms with E-state index in [0.717, 1.165) is 29.4 Å². The average Bonchev–Trinajstić information content (AvgIpc) is 3.12. The fourth-order valence-electron chi connectivity index (χ4n) is 3.41. The molecule has 0 amide bonds. The number of benzene rings is 1. The van der Waals surface area contributed by atoms with Gasteiger partial charge in [0.1, 0.15) is 5.01 Å². The van der Waals surface area contributed by atoms with E-state index in [-0.39, 0.29) is 11.0 Å². The SMILES string of the molecule is COc1ccc(CN(Cc2cc(=O)n3nc(C(C)(C)C)sc3n2)CC(C)C)cc1OC. The van der Waals surface area contributed by atoms with Crippen LogP contribution in [0, 0.1) is 5.92 Å². The molecule has 2 aromatic heterocycles. The fraction of sp³-hybridized carbons (Fsp3) is 0.522. The van der Waals surface area contributed by atoms with Crippen LogP contribution in [-0.4, -0.2) is 40.3 Å². The first kappa shape index (κ1) is 23.2. The predicted octanol–water partition coefficient (Wildman–Crippen LogP) is 4.12. The standard InChI is InChI=1S/C23H32N4O3S/c1-15(2)12-26(13-16-8-9-18(29-6)19(10-16)30-7)14-17-11-20(28)27-22(24-17)31-21(25-27)23(3,4)5/h8-11,15H,12-14H2,1-7H3. The van der Waals surface area contributed by atoms with Crippen LogP contribution in [-0.2, 0) is 18.5 Å². The normalized spacial score (nSPS) is 12.2. The van der Waals surface area contributed by atoms with Crippen molar-refractivity contribution in [3.05, 3.63) is 50.9 Å². The Balaban J connectivity index is 1.88. The van der Waals surface area contributed by atoms with Gasteiger partial charge in [0.15, 0.2) is 11.5 Å². The number of methoxy groups -OCH3 is 2. The average molecular weight is 445 g/mol. The molecule has 2 heterocycles. The number of hydrogen-bond donors (Lipinski definition) is 0. The van der Waals surface area contributed by atoms with Gasteiger partial charge >= 0.3 is 0 Å². The zero-order valence-electron chi connectivity index (χ0n) is 19.4. The van der Waals surface area contributed by atoms with Crippen molar-refractivity contribution in [1.29, 1.82) is 0 Å². The maximum absolute atomic E-state index is 12.7. The van der Waals surface area contributed by atoms with Crippen LogP contribution in [0.15, 0.2) is 29.1 Å².